The molecule has 0 spiro atoms. The lowest BCUT2D eigenvalue weighted by molar-refractivity contribution is 0.0963. The van der Waals surface area contributed by atoms with E-state index < -0.39 is 0 Å². The van der Waals surface area contributed by atoms with E-state index in [2.05, 4.69) is 22.8 Å². The van der Waals surface area contributed by atoms with Gasteiger partial charge >= 0.3 is 0 Å². The van der Waals surface area contributed by atoms with Crippen molar-refractivity contribution in [2.45, 2.75) is 25.1 Å². The molecule has 3 N–H and O–H groups in total. The third-order valence-electron chi connectivity index (χ3n) is 4.17. The van der Waals surface area contributed by atoms with Crippen LogP contribution in [0.25, 0.3) is 0 Å². The Morgan fingerprint density at radius 3 is 2.64 bits per heavy atom. The highest BCUT2D eigenvalue weighted by molar-refractivity contribution is 5.93. The first-order valence-electron chi connectivity index (χ1n) is 7.49. The molecule has 0 unspecified atom stereocenters. The number of carbonyl (C=O) groups is 1. The van der Waals surface area contributed by atoms with Gasteiger partial charge in [0.05, 0.1) is 12.1 Å². The molecule has 4 nitrogen and oxygen atoms in total. The Labute approximate surface area is 130 Å². The van der Waals surface area contributed by atoms with Crippen LogP contribution in [0.3, 0.4) is 0 Å². The van der Waals surface area contributed by atoms with Gasteiger partial charge in [0, 0.05) is 25.6 Å². The van der Waals surface area contributed by atoms with Gasteiger partial charge in [0.15, 0.2) is 0 Å². The molecule has 2 aromatic carbocycles. The number of aliphatic hydroxyl groups excluding tert-OH is 1. The number of rotatable bonds is 4. The zero-order chi connectivity index (χ0) is 15.5. The smallest absolute Gasteiger partial charge is 0.251 e. The monoisotopic (exact) mass is 296 g/mol. The Bertz CT molecular complexity index is 667. The Hall–Kier alpha value is -2.17. The number of nitrogens with one attached hydrogen (secondary N) is 2. The van der Waals surface area contributed by atoms with Crippen molar-refractivity contribution in [2.24, 2.45) is 0 Å². The molecule has 114 valence electrons. The summed E-state index contributed by atoms with van der Waals surface area (Å²) < 4.78 is 0. The van der Waals surface area contributed by atoms with Crippen LogP contribution in [0, 0.1) is 0 Å². The van der Waals surface area contributed by atoms with Crippen molar-refractivity contribution in [2.75, 3.05) is 7.05 Å². The molecule has 0 heterocycles. The molecule has 2 atom stereocenters. The van der Waals surface area contributed by atoms with E-state index in [-0.39, 0.29) is 18.1 Å². The van der Waals surface area contributed by atoms with Gasteiger partial charge in [-0.1, -0.05) is 36.4 Å². The molecule has 0 aliphatic heterocycles. The summed E-state index contributed by atoms with van der Waals surface area (Å²) in [6.07, 6.45) is 0.311. The summed E-state index contributed by atoms with van der Waals surface area (Å²) in [5.41, 5.74) is 4.13. The van der Waals surface area contributed by atoms with E-state index >= 15 is 0 Å². The summed E-state index contributed by atoms with van der Waals surface area (Å²) in [5.74, 6) is -0.0837. The maximum absolute atomic E-state index is 11.5. The molecule has 1 amide bonds. The minimum absolute atomic E-state index is 0.0326. The van der Waals surface area contributed by atoms with Gasteiger partial charge in [-0.25, -0.2) is 0 Å². The quantitative estimate of drug-likeness (QED) is 0.806. The summed E-state index contributed by atoms with van der Waals surface area (Å²) in [6.45, 7) is 0.657. The average molecular weight is 296 g/mol. The van der Waals surface area contributed by atoms with Gasteiger partial charge < -0.3 is 15.7 Å². The second-order valence-corrected chi connectivity index (χ2v) is 5.60. The molecule has 22 heavy (non-hydrogen) atoms. The number of fused-ring (bicyclic) bond motifs is 1. The van der Waals surface area contributed by atoms with Crippen molar-refractivity contribution in [3.63, 3.8) is 0 Å². The number of amides is 1. The molecule has 0 saturated heterocycles. The zero-order valence-corrected chi connectivity index (χ0v) is 12.5. The third kappa shape index (κ3) is 2.89. The molecule has 4 heteroatoms. The van der Waals surface area contributed by atoms with Gasteiger partial charge in [0.25, 0.3) is 5.91 Å². The topological polar surface area (TPSA) is 61.4 Å². The van der Waals surface area contributed by atoms with E-state index in [1.54, 1.807) is 7.05 Å². The Kier molecular flexibility index (Phi) is 4.22. The molecule has 0 fully saturated rings. The number of carbonyl (C=O) groups excluding carboxylic acids is 1. The lowest BCUT2D eigenvalue weighted by Crippen LogP contribution is -2.28. The first-order valence-corrected chi connectivity index (χ1v) is 7.49. The third-order valence-corrected chi connectivity index (χ3v) is 4.17. The summed E-state index contributed by atoms with van der Waals surface area (Å²) in [4.78, 5) is 11.5. The lowest BCUT2D eigenvalue weighted by Gasteiger charge is -2.18. The molecule has 0 saturated carbocycles. The Morgan fingerprint density at radius 2 is 1.91 bits per heavy atom. The number of benzene rings is 2. The molecule has 1 aliphatic rings. The summed E-state index contributed by atoms with van der Waals surface area (Å²) in [6, 6.07) is 15.6. The fourth-order valence-electron chi connectivity index (χ4n) is 2.97. The van der Waals surface area contributed by atoms with Crippen molar-refractivity contribution in [3.8, 4) is 0 Å². The van der Waals surface area contributed by atoms with Crippen molar-refractivity contribution in [1.29, 1.82) is 0 Å². The van der Waals surface area contributed by atoms with Crippen LogP contribution in [0.15, 0.2) is 48.5 Å². The van der Waals surface area contributed by atoms with Crippen molar-refractivity contribution in [1.82, 2.24) is 10.6 Å². The summed E-state index contributed by atoms with van der Waals surface area (Å²) in [5, 5.41) is 16.2. The minimum Gasteiger partial charge on any atom is -0.391 e. The predicted molar refractivity (Wildman–Crippen MR) is 85.6 cm³/mol. The molecule has 0 radical (unpaired) electrons. The summed E-state index contributed by atoms with van der Waals surface area (Å²) >= 11 is 0. The fraction of sp³-hybridized carbons (Fsp3) is 0.278. The van der Waals surface area contributed by atoms with Crippen LogP contribution < -0.4 is 10.6 Å². The van der Waals surface area contributed by atoms with Gasteiger partial charge in [-0.3, -0.25) is 4.79 Å². The molecule has 1 aliphatic carbocycles. The van der Waals surface area contributed by atoms with Crippen LogP contribution >= 0.6 is 0 Å². The maximum atomic E-state index is 11.5. The van der Waals surface area contributed by atoms with Crippen molar-refractivity contribution >= 4 is 5.91 Å². The normalized spacial score (nSPS) is 19.7. The summed E-state index contributed by atoms with van der Waals surface area (Å²) in [7, 11) is 1.62. The number of hydrogen-bond donors (Lipinski definition) is 3. The number of hydrogen-bond acceptors (Lipinski definition) is 3. The van der Waals surface area contributed by atoms with Crippen LogP contribution in [-0.2, 0) is 13.0 Å². The van der Waals surface area contributed by atoms with Gasteiger partial charge in [-0.05, 0) is 28.8 Å². The van der Waals surface area contributed by atoms with E-state index in [1.807, 2.05) is 36.4 Å². The van der Waals surface area contributed by atoms with E-state index in [0.29, 0.717) is 18.5 Å². The largest absolute Gasteiger partial charge is 0.391 e. The SMILES string of the molecule is CNC(=O)c1ccc(CN[C@@H]2c3ccccc3C[C@@H]2O)cc1. The van der Waals surface area contributed by atoms with E-state index in [4.69, 9.17) is 0 Å². The van der Waals surface area contributed by atoms with Crippen LogP contribution in [0.5, 0.6) is 0 Å². The maximum Gasteiger partial charge on any atom is 0.251 e. The van der Waals surface area contributed by atoms with E-state index in [1.165, 1.54) is 11.1 Å². The second kappa shape index (κ2) is 6.30. The first-order chi connectivity index (χ1) is 10.7. The highest BCUT2D eigenvalue weighted by Crippen LogP contribution is 2.31. The van der Waals surface area contributed by atoms with Crippen molar-refractivity contribution < 1.29 is 9.90 Å². The highest BCUT2D eigenvalue weighted by atomic mass is 16.3. The second-order valence-electron chi connectivity index (χ2n) is 5.60. The molecular weight excluding hydrogens is 276 g/mol. The minimum atomic E-state index is -0.387. The Morgan fingerprint density at radius 1 is 1.18 bits per heavy atom. The van der Waals surface area contributed by atoms with E-state index in [0.717, 1.165) is 5.56 Å². The van der Waals surface area contributed by atoms with Crippen molar-refractivity contribution in [3.05, 3.63) is 70.8 Å². The Balaban J connectivity index is 1.67. The molecule has 0 aromatic heterocycles. The molecular formula is C18H20N2O2. The average Bonchev–Trinajstić information content (AvgIpc) is 2.88. The molecule has 0 bridgehead atoms. The lowest BCUT2D eigenvalue weighted by atomic mass is 10.1. The standard InChI is InChI=1S/C18H20N2O2/c1-19-18(22)13-8-6-12(7-9-13)11-20-17-15-5-3-2-4-14(15)10-16(17)21/h2-9,16-17,20-21H,10-11H2,1H3,(H,19,22)/t16-,17+/m0/s1. The van der Waals surface area contributed by atoms with Crippen LogP contribution in [0.4, 0.5) is 0 Å². The van der Waals surface area contributed by atoms with E-state index in [9.17, 15) is 9.90 Å². The van der Waals surface area contributed by atoms with Gasteiger partial charge in [-0.2, -0.15) is 0 Å². The number of aliphatic hydroxyl groups is 1. The van der Waals surface area contributed by atoms with Crippen LogP contribution in [-0.4, -0.2) is 24.2 Å². The highest BCUT2D eigenvalue weighted by Gasteiger charge is 2.29. The first kappa shape index (κ1) is 14.8. The zero-order valence-electron chi connectivity index (χ0n) is 12.5. The van der Waals surface area contributed by atoms with Crippen LogP contribution in [0.1, 0.15) is 33.1 Å². The molecule has 2 aromatic rings. The van der Waals surface area contributed by atoms with Gasteiger partial charge in [-0.15, -0.1) is 0 Å². The fourth-order valence-corrected chi connectivity index (χ4v) is 2.97. The van der Waals surface area contributed by atoms with Crippen LogP contribution in [0.2, 0.25) is 0 Å². The van der Waals surface area contributed by atoms with Gasteiger partial charge in [0.2, 0.25) is 0 Å². The van der Waals surface area contributed by atoms with Gasteiger partial charge in [0.1, 0.15) is 0 Å². The predicted octanol–water partition coefficient (Wildman–Crippen LogP) is 1.79. The molecule has 3 rings (SSSR count).